The minimum absolute atomic E-state index is 0.0890. The molecule has 2 aromatic rings. The van der Waals surface area contributed by atoms with Gasteiger partial charge in [0.15, 0.2) is 0 Å². The summed E-state index contributed by atoms with van der Waals surface area (Å²) in [5, 5.41) is 3.23. The predicted octanol–water partition coefficient (Wildman–Crippen LogP) is 2.10. The lowest BCUT2D eigenvalue weighted by molar-refractivity contribution is 0.588. The molecule has 0 aromatic heterocycles. The molecule has 0 saturated heterocycles. The van der Waals surface area contributed by atoms with Gasteiger partial charge in [0.25, 0.3) is 0 Å². The Morgan fingerprint density at radius 1 is 1.14 bits per heavy atom. The van der Waals surface area contributed by atoms with Crippen LogP contribution in [0.1, 0.15) is 11.1 Å². The van der Waals surface area contributed by atoms with Crippen LogP contribution in [-0.4, -0.2) is 15.5 Å². The second-order valence-electron chi connectivity index (χ2n) is 4.80. The highest BCUT2D eigenvalue weighted by Crippen LogP contribution is 2.22. The topological polar surface area (TPSA) is 84.2 Å². The summed E-state index contributed by atoms with van der Waals surface area (Å²) < 4.78 is 25.7. The lowest BCUT2D eigenvalue weighted by Crippen LogP contribution is -2.20. The minimum atomic E-state index is -3.52. The van der Waals surface area contributed by atoms with E-state index in [0.29, 0.717) is 6.54 Å². The van der Waals surface area contributed by atoms with Gasteiger partial charge in [-0.3, -0.25) is 0 Å². The molecule has 2 rings (SSSR count). The van der Waals surface area contributed by atoms with Crippen LogP contribution in [-0.2, 0) is 16.6 Å². The maximum Gasteiger partial charge on any atom is 0.242 e. The van der Waals surface area contributed by atoms with E-state index >= 15 is 0 Å². The van der Waals surface area contributed by atoms with E-state index in [1.807, 2.05) is 25.1 Å². The highest BCUT2D eigenvalue weighted by atomic mass is 32.2. The number of rotatable bonds is 5. The number of sulfonamides is 1. The Balaban J connectivity index is 2.14. The van der Waals surface area contributed by atoms with Gasteiger partial charge in [0.05, 0.1) is 5.69 Å². The van der Waals surface area contributed by atoms with Crippen LogP contribution in [0.15, 0.2) is 47.4 Å². The van der Waals surface area contributed by atoms with Gasteiger partial charge in [0.1, 0.15) is 4.90 Å². The van der Waals surface area contributed by atoms with Gasteiger partial charge in [-0.2, -0.15) is 0 Å². The summed E-state index contributed by atoms with van der Waals surface area (Å²) in [5.74, 6) is 0. The third kappa shape index (κ3) is 3.74. The molecule has 6 heteroatoms. The van der Waals surface area contributed by atoms with Crippen LogP contribution in [0, 0.1) is 6.92 Å². The Morgan fingerprint density at radius 2 is 1.90 bits per heavy atom. The Hall–Kier alpha value is -2.05. The molecule has 5 nitrogen and oxygen atoms in total. The average Bonchev–Trinajstić information content (AvgIpc) is 2.45. The van der Waals surface area contributed by atoms with Crippen molar-refractivity contribution in [2.45, 2.75) is 18.4 Å². The Morgan fingerprint density at radius 3 is 2.52 bits per heavy atom. The van der Waals surface area contributed by atoms with Crippen molar-refractivity contribution in [2.75, 3.05) is 18.1 Å². The van der Waals surface area contributed by atoms with Crippen molar-refractivity contribution >= 4 is 21.4 Å². The number of hydrogen-bond acceptors (Lipinski definition) is 4. The van der Waals surface area contributed by atoms with E-state index < -0.39 is 10.0 Å². The summed E-state index contributed by atoms with van der Waals surface area (Å²) in [4.78, 5) is 0.0890. The Kier molecular flexibility index (Phi) is 4.50. The van der Waals surface area contributed by atoms with Crippen molar-refractivity contribution < 1.29 is 8.42 Å². The van der Waals surface area contributed by atoms with Crippen molar-refractivity contribution in [3.8, 4) is 0 Å². The van der Waals surface area contributed by atoms with Gasteiger partial charge in [-0.1, -0.05) is 29.8 Å². The zero-order valence-corrected chi connectivity index (χ0v) is 12.9. The quantitative estimate of drug-likeness (QED) is 0.739. The van der Waals surface area contributed by atoms with Crippen molar-refractivity contribution in [3.63, 3.8) is 0 Å². The molecule has 0 saturated carbocycles. The molecule has 0 aliphatic rings. The lowest BCUT2D eigenvalue weighted by atomic mass is 10.1. The first-order chi connectivity index (χ1) is 9.92. The van der Waals surface area contributed by atoms with Crippen molar-refractivity contribution in [3.05, 3.63) is 53.6 Å². The van der Waals surface area contributed by atoms with Gasteiger partial charge in [-0.25, -0.2) is 13.1 Å². The van der Waals surface area contributed by atoms with Crippen LogP contribution in [0.4, 0.5) is 11.4 Å². The van der Waals surface area contributed by atoms with E-state index in [2.05, 4.69) is 16.1 Å². The molecule has 0 radical (unpaired) electrons. The molecule has 2 aromatic carbocycles. The van der Waals surface area contributed by atoms with Crippen LogP contribution in [0.5, 0.6) is 0 Å². The fourth-order valence-electron chi connectivity index (χ4n) is 2.04. The van der Waals surface area contributed by atoms with Crippen LogP contribution in [0.3, 0.4) is 0 Å². The molecule has 4 N–H and O–H groups in total. The van der Waals surface area contributed by atoms with Gasteiger partial charge < -0.3 is 11.1 Å². The number of nitrogens with one attached hydrogen (secondary N) is 2. The van der Waals surface area contributed by atoms with E-state index in [-0.39, 0.29) is 10.6 Å². The molecule has 0 amide bonds. The van der Waals surface area contributed by atoms with Gasteiger partial charge in [0, 0.05) is 12.2 Å². The summed E-state index contributed by atoms with van der Waals surface area (Å²) in [6.45, 7) is 2.69. The molecule has 21 heavy (non-hydrogen) atoms. The smallest absolute Gasteiger partial charge is 0.242 e. The second kappa shape index (κ2) is 6.15. The number of aryl methyl sites for hydroxylation is 1. The lowest BCUT2D eigenvalue weighted by Gasteiger charge is -2.11. The highest BCUT2D eigenvalue weighted by molar-refractivity contribution is 7.89. The SMILES string of the molecule is CNS(=O)(=O)c1ccc(NCc2cccc(C)c2)cc1N. The first kappa shape index (κ1) is 15.3. The van der Waals surface area contributed by atoms with Gasteiger partial charge in [-0.15, -0.1) is 0 Å². The zero-order chi connectivity index (χ0) is 15.5. The largest absolute Gasteiger partial charge is 0.398 e. The molecule has 0 heterocycles. The fraction of sp³-hybridized carbons (Fsp3) is 0.200. The summed E-state index contributed by atoms with van der Waals surface area (Å²) in [7, 11) is -2.16. The first-order valence-electron chi connectivity index (χ1n) is 6.55. The molecule has 0 bridgehead atoms. The molecule has 0 atom stereocenters. The van der Waals surface area contributed by atoms with Crippen LogP contribution in [0.25, 0.3) is 0 Å². The van der Waals surface area contributed by atoms with Gasteiger partial charge >= 0.3 is 0 Å². The molecule has 0 aliphatic heterocycles. The molecule has 0 aliphatic carbocycles. The van der Waals surface area contributed by atoms with Crippen LogP contribution < -0.4 is 15.8 Å². The molecule has 0 spiro atoms. The first-order valence-corrected chi connectivity index (χ1v) is 8.03. The van der Waals surface area contributed by atoms with E-state index in [9.17, 15) is 8.42 Å². The highest BCUT2D eigenvalue weighted by Gasteiger charge is 2.15. The van der Waals surface area contributed by atoms with Crippen molar-refractivity contribution in [1.82, 2.24) is 4.72 Å². The van der Waals surface area contributed by atoms with Gasteiger partial charge in [0.2, 0.25) is 10.0 Å². The van der Waals surface area contributed by atoms with Crippen molar-refractivity contribution in [1.29, 1.82) is 0 Å². The second-order valence-corrected chi connectivity index (χ2v) is 6.66. The fourth-order valence-corrected chi connectivity index (χ4v) is 2.88. The van der Waals surface area contributed by atoms with Crippen LogP contribution >= 0.6 is 0 Å². The Bertz CT molecular complexity index is 742. The third-order valence-electron chi connectivity index (χ3n) is 3.15. The summed E-state index contributed by atoms with van der Waals surface area (Å²) >= 11 is 0. The number of hydrogen-bond donors (Lipinski definition) is 3. The molecule has 112 valence electrons. The average molecular weight is 305 g/mol. The summed E-state index contributed by atoms with van der Waals surface area (Å²) in [6, 6.07) is 13.0. The minimum Gasteiger partial charge on any atom is -0.398 e. The maximum atomic E-state index is 11.7. The number of nitrogen functional groups attached to an aromatic ring is 1. The van der Waals surface area contributed by atoms with Crippen LogP contribution in [0.2, 0.25) is 0 Å². The predicted molar refractivity (Wildman–Crippen MR) is 85.6 cm³/mol. The van der Waals surface area contributed by atoms with E-state index in [4.69, 9.17) is 5.73 Å². The number of benzene rings is 2. The molecule has 0 unspecified atom stereocenters. The summed E-state index contributed by atoms with van der Waals surface area (Å²) in [5.41, 5.74) is 9.17. The molecular formula is C15H19N3O2S. The normalized spacial score (nSPS) is 11.3. The van der Waals surface area contributed by atoms with E-state index in [1.165, 1.54) is 18.7 Å². The van der Waals surface area contributed by atoms with E-state index in [1.54, 1.807) is 12.1 Å². The Labute approximate surface area is 125 Å². The zero-order valence-electron chi connectivity index (χ0n) is 12.1. The standard InChI is InChI=1S/C15H19N3O2S/c1-11-4-3-5-12(8-11)10-18-13-6-7-15(14(16)9-13)21(19,20)17-2/h3-9,17-18H,10,16H2,1-2H3. The molecule has 0 fully saturated rings. The van der Waals surface area contributed by atoms with E-state index in [0.717, 1.165) is 11.3 Å². The number of anilines is 2. The summed E-state index contributed by atoms with van der Waals surface area (Å²) in [6.07, 6.45) is 0. The molecular weight excluding hydrogens is 286 g/mol. The maximum absolute atomic E-state index is 11.7. The monoisotopic (exact) mass is 305 g/mol. The third-order valence-corrected chi connectivity index (χ3v) is 4.64. The number of nitrogens with two attached hydrogens (primary N) is 1. The van der Waals surface area contributed by atoms with Crippen molar-refractivity contribution in [2.24, 2.45) is 0 Å². The van der Waals surface area contributed by atoms with Gasteiger partial charge in [-0.05, 0) is 37.7 Å².